The monoisotopic (exact) mass is 481 g/mol. The second kappa shape index (κ2) is 9.76. The summed E-state index contributed by atoms with van der Waals surface area (Å²) in [6.07, 6.45) is 3.76. The van der Waals surface area contributed by atoms with Crippen LogP contribution in [-0.4, -0.2) is 72.8 Å². The normalized spacial score (nSPS) is 17.9. The van der Waals surface area contributed by atoms with Crippen LogP contribution in [-0.2, 0) is 21.2 Å². The van der Waals surface area contributed by atoms with E-state index in [0.29, 0.717) is 37.4 Å². The molecule has 34 heavy (non-hydrogen) atoms. The Balaban J connectivity index is 1.15. The Hall–Kier alpha value is -2.91. The summed E-state index contributed by atoms with van der Waals surface area (Å²) in [6, 6.07) is 15.0. The number of aryl methyl sites for hydroxylation is 1. The molecule has 0 aliphatic carbocycles. The molecule has 2 saturated heterocycles. The van der Waals surface area contributed by atoms with Gasteiger partial charge in [0, 0.05) is 45.7 Å². The zero-order chi connectivity index (χ0) is 23.5. The van der Waals surface area contributed by atoms with Crippen molar-refractivity contribution in [3.8, 4) is 0 Å². The van der Waals surface area contributed by atoms with E-state index in [-0.39, 0.29) is 5.91 Å². The van der Waals surface area contributed by atoms with Crippen LogP contribution in [0, 0.1) is 0 Å². The molecule has 9 heteroatoms. The second-order valence-electron chi connectivity index (χ2n) is 9.05. The maximum atomic E-state index is 12.9. The van der Waals surface area contributed by atoms with Crippen LogP contribution in [0.5, 0.6) is 0 Å². The molecule has 0 spiro atoms. The van der Waals surface area contributed by atoms with Crippen LogP contribution in [0.15, 0.2) is 53.4 Å². The minimum Gasteiger partial charge on any atom is -0.341 e. The summed E-state index contributed by atoms with van der Waals surface area (Å²) in [5.41, 5.74) is 2.95. The standard InChI is InChI=1S/C25H31N5O3S/c31-24(13-10-20-8-11-21(12-9-20)34(32,33)30-16-3-4-17-30)28-14-5-15-29(19-18-28)25-26-22-6-1-2-7-23(22)27-25/h1-2,6-9,11-12H,3-5,10,13-19H2,(H,26,27). The molecule has 2 aliphatic rings. The number of imidazole rings is 1. The number of carbonyl (C=O) groups excluding carboxylic acids is 1. The van der Waals surface area contributed by atoms with Crippen molar-refractivity contribution >= 4 is 32.9 Å². The first-order valence-electron chi connectivity index (χ1n) is 12.1. The summed E-state index contributed by atoms with van der Waals surface area (Å²) >= 11 is 0. The largest absolute Gasteiger partial charge is 0.341 e. The topological polar surface area (TPSA) is 89.6 Å². The van der Waals surface area contributed by atoms with Gasteiger partial charge in [-0.3, -0.25) is 4.79 Å². The van der Waals surface area contributed by atoms with Crippen molar-refractivity contribution in [3.05, 3.63) is 54.1 Å². The first-order chi connectivity index (χ1) is 16.5. The molecule has 5 rings (SSSR count). The molecule has 3 heterocycles. The van der Waals surface area contributed by atoms with Gasteiger partial charge in [-0.15, -0.1) is 0 Å². The van der Waals surface area contributed by atoms with Gasteiger partial charge in [0.15, 0.2) is 0 Å². The van der Waals surface area contributed by atoms with Crippen LogP contribution in [0.2, 0.25) is 0 Å². The van der Waals surface area contributed by atoms with Crippen LogP contribution >= 0.6 is 0 Å². The summed E-state index contributed by atoms with van der Waals surface area (Å²) in [5.74, 6) is 1.000. The molecule has 8 nitrogen and oxygen atoms in total. The average molecular weight is 482 g/mol. The first-order valence-corrected chi connectivity index (χ1v) is 13.5. The smallest absolute Gasteiger partial charge is 0.243 e. The van der Waals surface area contributed by atoms with E-state index in [4.69, 9.17) is 4.98 Å². The highest BCUT2D eigenvalue weighted by molar-refractivity contribution is 7.89. The predicted molar refractivity (Wildman–Crippen MR) is 132 cm³/mol. The van der Waals surface area contributed by atoms with Gasteiger partial charge in [0.25, 0.3) is 0 Å². The Kier molecular flexibility index (Phi) is 6.56. The summed E-state index contributed by atoms with van der Waals surface area (Å²) in [6.45, 7) is 4.21. The molecule has 0 unspecified atom stereocenters. The minimum absolute atomic E-state index is 0.139. The number of sulfonamides is 1. The molecule has 3 aromatic rings. The average Bonchev–Trinajstić information content (AvgIpc) is 3.48. The van der Waals surface area contributed by atoms with Crippen LogP contribution in [0.4, 0.5) is 5.95 Å². The number of benzene rings is 2. The third-order valence-electron chi connectivity index (χ3n) is 6.78. The van der Waals surface area contributed by atoms with Gasteiger partial charge in [0.1, 0.15) is 0 Å². The maximum absolute atomic E-state index is 12.9. The Morgan fingerprint density at radius 1 is 0.882 bits per heavy atom. The molecule has 2 aromatic carbocycles. The highest BCUT2D eigenvalue weighted by Gasteiger charge is 2.27. The third kappa shape index (κ3) is 4.81. The number of hydrogen-bond donors (Lipinski definition) is 1. The van der Waals surface area contributed by atoms with Crippen LogP contribution in [0.1, 0.15) is 31.2 Å². The number of hydrogen-bond acceptors (Lipinski definition) is 5. The minimum atomic E-state index is -3.40. The summed E-state index contributed by atoms with van der Waals surface area (Å²) < 4.78 is 26.9. The van der Waals surface area contributed by atoms with E-state index in [1.807, 2.05) is 41.3 Å². The fourth-order valence-electron chi connectivity index (χ4n) is 4.78. The first kappa shape index (κ1) is 22.9. The van der Waals surface area contributed by atoms with Crippen molar-refractivity contribution in [3.63, 3.8) is 0 Å². The van der Waals surface area contributed by atoms with E-state index >= 15 is 0 Å². The van der Waals surface area contributed by atoms with Crippen molar-refractivity contribution in [1.29, 1.82) is 0 Å². The fraction of sp³-hybridized carbons (Fsp3) is 0.440. The van der Waals surface area contributed by atoms with E-state index in [1.165, 1.54) is 0 Å². The molecular weight excluding hydrogens is 450 g/mol. The zero-order valence-electron chi connectivity index (χ0n) is 19.3. The lowest BCUT2D eigenvalue weighted by Crippen LogP contribution is -2.35. The van der Waals surface area contributed by atoms with Gasteiger partial charge >= 0.3 is 0 Å². The number of fused-ring (bicyclic) bond motifs is 1. The Morgan fingerprint density at radius 2 is 1.65 bits per heavy atom. The molecule has 0 bridgehead atoms. The van der Waals surface area contributed by atoms with E-state index in [9.17, 15) is 13.2 Å². The maximum Gasteiger partial charge on any atom is 0.243 e. The van der Waals surface area contributed by atoms with Gasteiger partial charge in [-0.25, -0.2) is 13.4 Å². The number of anilines is 1. The van der Waals surface area contributed by atoms with Gasteiger partial charge < -0.3 is 14.8 Å². The number of nitrogens with one attached hydrogen (secondary N) is 1. The number of amides is 1. The van der Waals surface area contributed by atoms with Gasteiger partial charge in [-0.2, -0.15) is 4.31 Å². The highest BCUT2D eigenvalue weighted by Crippen LogP contribution is 2.22. The fourth-order valence-corrected chi connectivity index (χ4v) is 6.30. The van der Waals surface area contributed by atoms with Gasteiger partial charge in [0.2, 0.25) is 21.9 Å². The van der Waals surface area contributed by atoms with Crippen LogP contribution in [0.3, 0.4) is 0 Å². The van der Waals surface area contributed by atoms with E-state index in [0.717, 1.165) is 61.4 Å². The number of H-pyrrole nitrogens is 1. The molecule has 180 valence electrons. The lowest BCUT2D eigenvalue weighted by atomic mass is 10.1. The molecule has 1 N–H and O–H groups in total. The van der Waals surface area contributed by atoms with E-state index in [2.05, 4.69) is 9.88 Å². The molecule has 0 saturated carbocycles. The van der Waals surface area contributed by atoms with Crippen molar-refractivity contribution in [2.24, 2.45) is 0 Å². The van der Waals surface area contributed by atoms with E-state index < -0.39 is 10.0 Å². The SMILES string of the molecule is O=C(CCc1ccc(S(=O)(=O)N2CCCC2)cc1)N1CCCN(c2nc3ccccc3[nH]2)CC1. The Labute approximate surface area is 200 Å². The van der Waals surface area contributed by atoms with Gasteiger partial charge in [-0.05, 0) is 55.5 Å². The van der Waals surface area contributed by atoms with Crippen LogP contribution in [0.25, 0.3) is 11.0 Å². The van der Waals surface area contributed by atoms with Crippen molar-refractivity contribution in [2.75, 3.05) is 44.2 Å². The lowest BCUT2D eigenvalue weighted by Gasteiger charge is -2.22. The van der Waals surface area contributed by atoms with Gasteiger partial charge in [0.05, 0.1) is 15.9 Å². The molecule has 2 fully saturated rings. The van der Waals surface area contributed by atoms with Crippen molar-refractivity contribution < 1.29 is 13.2 Å². The number of aromatic nitrogens is 2. The molecule has 0 radical (unpaired) electrons. The third-order valence-corrected chi connectivity index (χ3v) is 8.69. The zero-order valence-corrected chi connectivity index (χ0v) is 20.1. The number of aromatic amines is 1. The summed E-state index contributed by atoms with van der Waals surface area (Å²) in [5, 5.41) is 0. The molecular formula is C25H31N5O3S. The summed E-state index contributed by atoms with van der Waals surface area (Å²) in [7, 11) is -3.40. The molecule has 1 amide bonds. The van der Waals surface area contributed by atoms with Crippen molar-refractivity contribution in [1.82, 2.24) is 19.2 Å². The number of nitrogens with zero attached hydrogens (tertiary/aromatic N) is 4. The number of carbonyl (C=O) groups is 1. The number of para-hydroxylation sites is 2. The number of rotatable bonds is 6. The Bertz CT molecular complexity index is 1220. The lowest BCUT2D eigenvalue weighted by molar-refractivity contribution is -0.130. The van der Waals surface area contributed by atoms with Crippen molar-refractivity contribution in [2.45, 2.75) is 37.0 Å². The van der Waals surface area contributed by atoms with E-state index in [1.54, 1.807) is 16.4 Å². The second-order valence-corrected chi connectivity index (χ2v) is 11.0. The molecule has 0 atom stereocenters. The predicted octanol–water partition coefficient (Wildman–Crippen LogP) is 3.02. The molecule has 1 aromatic heterocycles. The summed E-state index contributed by atoms with van der Waals surface area (Å²) in [4.78, 5) is 25.5. The van der Waals surface area contributed by atoms with Gasteiger partial charge in [-0.1, -0.05) is 24.3 Å². The Morgan fingerprint density at radius 3 is 2.41 bits per heavy atom. The van der Waals surface area contributed by atoms with Crippen LogP contribution < -0.4 is 4.90 Å². The highest BCUT2D eigenvalue weighted by atomic mass is 32.2. The molecule has 2 aliphatic heterocycles. The quantitative estimate of drug-likeness (QED) is 0.585.